The van der Waals surface area contributed by atoms with Gasteiger partial charge < -0.3 is 5.32 Å². The maximum atomic E-state index is 13.6. The van der Waals surface area contributed by atoms with E-state index in [-0.39, 0.29) is 20.6 Å². The first kappa shape index (κ1) is 14.9. The van der Waals surface area contributed by atoms with Crippen molar-refractivity contribution in [3.8, 4) is 0 Å². The number of nitrogens with one attached hydrogen (secondary N) is 1. The van der Waals surface area contributed by atoms with E-state index >= 15 is 0 Å². The van der Waals surface area contributed by atoms with E-state index in [4.69, 9.17) is 0 Å². The molecular formula is C13H7BrF3NOS. The van der Waals surface area contributed by atoms with Gasteiger partial charge in [-0.15, -0.1) is 12.6 Å². The Bertz CT molecular complexity index is 694. The minimum absolute atomic E-state index is 0.0138. The van der Waals surface area contributed by atoms with Crippen LogP contribution in [0.4, 0.5) is 18.9 Å². The molecule has 2 aromatic rings. The molecule has 0 aliphatic carbocycles. The summed E-state index contributed by atoms with van der Waals surface area (Å²) in [7, 11) is 0. The van der Waals surface area contributed by atoms with Crippen molar-refractivity contribution in [3.05, 3.63) is 57.8 Å². The van der Waals surface area contributed by atoms with Crippen LogP contribution >= 0.6 is 28.6 Å². The van der Waals surface area contributed by atoms with Crippen molar-refractivity contribution in [2.45, 2.75) is 4.90 Å². The molecule has 0 radical (unpaired) electrons. The second kappa shape index (κ2) is 5.88. The van der Waals surface area contributed by atoms with E-state index in [1.54, 1.807) is 0 Å². The van der Waals surface area contributed by atoms with E-state index in [2.05, 4.69) is 33.9 Å². The molecule has 0 unspecified atom stereocenters. The second-order valence-corrected chi connectivity index (χ2v) is 5.20. The first-order valence-corrected chi connectivity index (χ1v) is 6.57. The van der Waals surface area contributed by atoms with Crippen LogP contribution in [-0.4, -0.2) is 5.91 Å². The van der Waals surface area contributed by atoms with Gasteiger partial charge in [-0.05, 0) is 40.2 Å². The summed E-state index contributed by atoms with van der Waals surface area (Å²) in [5, 5.41) is 2.21. The largest absolute Gasteiger partial charge is 0.319 e. The molecular weight excluding hydrogens is 355 g/mol. The summed E-state index contributed by atoms with van der Waals surface area (Å²) in [4.78, 5) is 11.8. The highest BCUT2D eigenvalue weighted by Gasteiger charge is 2.13. The van der Waals surface area contributed by atoms with Gasteiger partial charge in [-0.25, -0.2) is 13.2 Å². The summed E-state index contributed by atoms with van der Waals surface area (Å²) >= 11 is 6.67. The molecule has 2 nitrogen and oxygen atoms in total. The van der Waals surface area contributed by atoms with Crippen molar-refractivity contribution >= 4 is 40.2 Å². The van der Waals surface area contributed by atoms with Crippen molar-refractivity contribution in [3.63, 3.8) is 0 Å². The first-order valence-electron chi connectivity index (χ1n) is 5.33. The van der Waals surface area contributed by atoms with Gasteiger partial charge in [-0.3, -0.25) is 4.79 Å². The Kier molecular flexibility index (Phi) is 4.39. The summed E-state index contributed by atoms with van der Waals surface area (Å²) < 4.78 is 39.8. The van der Waals surface area contributed by atoms with Gasteiger partial charge in [0.25, 0.3) is 5.91 Å². The standard InChI is InChI=1S/C13H7BrF3NOS/c14-7-4-10(17)11(5-9(7)16)18-13(19)6-1-2-8(15)12(20)3-6/h1-5,20H,(H,18,19). The van der Waals surface area contributed by atoms with E-state index in [9.17, 15) is 18.0 Å². The lowest BCUT2D eigenvalue weighted by Crippen LogP contribution is -2.13. The molecule has 1 amide bonds. The SMILES string of the molecule is O=C(Nc1cc(F)c(Br)cc1F)c1ccc(F)c(S)c1. The summed E-state index contributed by atoms with van der Waals surface area (Å²) in [5.41, 5.74) is -0.222. The summed E-state index contributed by atoms with van der Waals surface area (Å²) in [6, 6.07) is 5.23. The average molecular weight is 362 g/mol. The van der Waals surface area contributed by atoms with Gasteiger partial charge in [-0.1, -0.05) is 0 Å². The number of hydrogen-bond donors (Lipinski definition) is 2. The molecule has 0 aromatic heterocycles. The molecule has 0 heterocycles. The molecule has 1 N–H and O–H groups in total. The predicted octanol–water partition coefficient (Wildman–Crippen LogP) is 4.41. The van der Waals surface area contributed by atoms with Crippen molar-refractivity contribution in [2.24, 2.45) is 0 Å². The zero-order valence-electron chi connectivity index (χ0n) is 9.75. The maximum Gasteiger partial charge on any atom is 0.255 e. The minimum Gasteiger partial charge on any atom is -0.319 e. The zero-order valence-corrected chi connectivity index (χ0v) is 12.2. The van der Waals surface area contributed by atoms with Crippen molar-refractivity contribution in [2.75, 3.05) is 5.32 Å². The van der Waals surface area contributed by atoms with Crippen LogP contribution in [0.1, 0.15) is 10.4 Å². The Morgan fingerprint density at radius 3 is 2.40 bits per heavy atom. The Balaban J connectivity index is 2.27. The number of rotatable bonds is 2. The van der Waals surface area contributed by atoms with E-state index in [1.165, 1.54) is 12.1 Å². The maximum absolute atomic E-state index is 13.6. The molecule has 0 aliphatic heterocycles. The van der Waals surface area contributed by atoms with E-state index in [1.807, 2.05) is 0 Å². The third-order valence-corrected chi connectivity index (χ3v) is 3.42. The quantitative estimate of drug-likeness (QED) is 0.602. The van der Waals surface area contributed by atoms with Gasteiger partial charge in [0.1, 0.15) is 17.5 Å². The smallest absolute Gasteiger partial charge is 0.255 e. The molecule has 0 bridgehead atoms. The molecule has 2 rings (SSSR count). The highest BCUT2D eigenvalue weighted by atomic mass is 79.9. The van der Waals surface area contributed by atoms with Crippen molar-refractivity contribution < 1.29 is 18.0 Å². The molecule has 0 atom stereocenters. The summed E-state index contributed by atoms with van der Waals surface area (Å²) in [5.74, 6) is -2.78. The van der Waals surface area contributed by atoms with Gasteiger partial charge in [0.05, 0.1) is 10.2 Å². The van der Waals surface area contributed by atoms with Gasteiger partial charge in [-0.2, -0.15) is 0 Å². The predicted molar refractivity (Wildman–Crippen MR) is 75.7 cm³/mol. The molecule has 7 heteroatoms. The van der Waals surface area contributed by atoms with Crippen LogP contribution in [0.5, 0.6) is 0 Å². The number of benzene rings is 2. The number of carbonyl (C=O) groups is 1. The third-order valence-electron chi connectivity index (χ3n) is 2.47. The molecule has 0 saturated heterocycles. The normalized spacial score (nSPS) is 10.4. The fourth-order valence-corrected chi connectivity index (χ4v) is 2.00. The van der Waals surface area contributed by atoms with Crippen molar-refractivity contribution in [1.82, 2.24) is 0 Å². The lowest BCUT2D eigenvalue weighted by molar-refractivity contribution is 0.102. The van der Waals surface area contributed by atoms with Gasteiger partial charge >= 0.3 is 0 Å². The second-order valence-electron chi connectivity index (χ2n) is 3.87. The Morgan fingerprint density at radius 2 is 1.75 bits per heavy atom. The Labute approximate surface area is 126 Å². The first-order chi connectivity index (χ1) is 9.38. The lowest BCUT2D eigenvalue weighted by Gasteiger charge is -2.08. The average Bonchev–Trinajstić information content (AvgIpc) is 2.39. The fraction of sp³-hybridized carbons (Fsp3) is 0. The third kappa shape index (κ3) is 3.16. The molecule has 2 aromatic carbocycles. The number of hydrogen-bond acceptors (Lipinski definition) is 2. The van der Waals surface area contributed by atoms with Crippen molar-refractivity contribution in [1.29, 1.82) is 0 Å². The highest BCUT2D eigenvalue weighted by Crippen LogP contribution is 2.24. The molecule has 104 valence electrons. The van der Waals surface area contributed by atoms with Crippen LogP contribution < -0.4 is 5.32 Å². The number of carbonyl (C=O) groups excluding carboxylic acids is 1. The molecule has 0 spiro atoms. The van der Waals surface area contributed by atoms with Crippen LogP contribution in [0.3, 0.4) is 0 Å². The summed E-state index contributed by atoms with van der Waals surface area (Å²) in [6.45, 7) is 0. The zero-order chi connectivity index (χ0) is 14.9. The number of thiol groups is 1. The number of halogens is 4. The molecule has 0 aliphatic rings. The van der Waals surface area contributed by atoms with Crippen LogP contribution in [0.15, 0.2) is 39.7 Å². The minimum atomic E-state index is -0.792. The number of anilines is 1. The Morgan fingerprint density at radius 1 is 1.05 bits per heavy atom. The Hall–Kier alpha value is -1.47. The molecule has 0 saturated carbocycles. The van der Waals surface area contributed by atoms with Crippen LogP contribution in [0.25, 0.3) is 0 Å². The molecule has 20 heavy (non-hydrogen) atoms. The fourth-order valence-electron chi connectivity index (χ4n) is 1.47. The van der Waals surface area contributed by atoms with Gasteiger partial charge in [0.15, 0.2) is 0 Å². The van der Waals surface area contributed by atoms with E-state index in [0.29, 0.717) is 0 Å². The molecule has 0 fully saturated rings. The summed E-state index contributed by atoms with van der Waals surface area (Å²) in [6.07, 6.45) is 0. The topological polar surface area (TPSA) is 29.1 Å². The van der Waals surface area contributed by atoms with Crippen LogP contribution in [-0.2, 0) is 0 Å². The van der Waals surface area contributed by atoms with E-state index in [0.717, 1.165) is 18.2 Å². The monoisotopic (exact) mass is 361 g/mol. The highest BCUT2D eigenvalue weighted by molar-refractivity contribution is 9.10. The van der Waals surface area contributed by atoms with E-state index < -0.39 is 23.4 Å². The van der Waals surface area contributed by atoms with Crippen LogP contribution in [0, 0.1) is 17.5 Å². The van der Waals surface area contributed by atoms with Crippen LogP contribution in [0.2, 0.25) is 0 Å². The van der Waals surface area contributed by atoms with Gasteiger partial charge in [0, 0.05) is 16.5 Å². The van der Waals surface area contributed by atoms with Gasteiger partial charge in [0.2, 0.25) is 0 Å². The lowest BCUT2D eigenvalue weighted by atomic mass is 10.2. The number of amides is 1.